The highest BCUT2D eigenvalue weighted by atomic mass is 16.6. The fraction of sp³-hybridized carbons (Fsp3) is 0.500. The summed E-state index contributed by atoms with van der Waals surface area (Å²) < 4.78 is 27.2. The average Bonchev–Trinajstić information content (AvgIpc) is 3.37. The Morgan fingerprint density at radius 2 is 1.33 bits per heavy atom. The smallest absolute Gasteiger partial charge is 0.132 e. The number of hydrogen-bond acceptors (Lipinski definition) is 5. The summed E-state index contributed by atoms with van der Waals surface area (Å²) >= 11 is 0. The van der Waals surface area contributed by atoms with Gasteiger partial charge in [-0.25, -0.2) is 0 Å². The van der Waals surface area contributed by atoms with Crippen LogP contribution in [0.15, 0.2) is 33.5 Å². The fourth-order valence-corrected chi connectivity index (χ4v) is 2.45. The molecule has 2 saturated heterocycles. The summed E-state index contributed by atoms with van der Waals surface area (Å²) in [5.41, 5.74) is 2.34. The van der Waals surface area contributed by atoms with Gasteiger partial charge in [0.1, 0.15) is 24.7 Å². The normalized spacial score (nSPS) is 23.4. The maximum absolute atomic E-state index is 5.74. The van der Waals surface area contributed by atoms with E-state index in [4.69, 9.17) is 23.0 Å². The Morgan fingerprint density at radius 3 is 1.76 bits per heavy atom. The Morgan fingerprint density at radius 1 is 0.857 bits per heavy atom. The van der Waals surface area contributed by atoms with Crippen LogP contribution in [0.5, 0.6) is 0 Å². The zero-order valence-electron chi connectivity index (χ0n) is 11.7. The van der Waals surface area contributed by atoms with Gasteiger partial charge >= 0.3 is 0 Å². The van der Waals surface area contributed by atoms with Crippen LogP contribution in [-0.2, 0) is 40.3 Å². The van der Waals surface area contributed by atoms with Gasteiger partial charge in [0, 0.05) is 12.8 Å². The summed E-state index contributed by atoms with van der Waals surface area (Å²) in [5, 5.41) is 0. The van der Waals surface area contributed by atoms with Crippen molar-refractivity contribution < 1.29 is 23.0 Å². The van der Waals surface area contributed by atoms with Gasteiger partial charge < -0.3 is 23.0 Å². The van der Waals surface area contributed by atoms with E-state index in [1.165, 1.54) is 11.1 Å². The van der Waals surface area contributed by atoms with Crippen molar-refractivity contribution in [3.63, 3.8) is 0 Å². The van der Waals surface area contributed by atoms with Crippen LogP contribution < -0.4 is 0 Å². The van der Waals surface area contributed by atoms with Crippen molar-refractivity contribution in [2.75, 3.05) is 13.2 Å². The summed E-state index contributed by atoms with van der Waals surface area (Å²) in [4.78, 5) is 0. The molecule has 2 aromatic heterocycles. The van der Waals surface area contributed by atoms with Crippen LogP contribution in [0.4, 0.5) is 0 Å². The van der Waals surface area contributed by atoms with E-state index in [-0.39, 0.29) is 0 Å². The standard InChI is InChI=1S/C16H18O5/c1-3-18-15(11(1)5-13-7-20-13)9-17-10-16-12(2-4-19-16)6-14-8-21-14/h1-4,13-14H,5-10H2. The predicted molar refractivity (Wildman–Crippen MR) is 72.8 cm³/mol. The molecule has 0 N–H and O–H groups in total. The minimum atomic E-state index is 0.358. The maximum Gasteiger partial charge on any atom is 0.132 e. The Kier molecular flexibility index (Phi) is 3.55. The molecule has 0 aromatic carbocycles. The van der Waals surface area contributed by atoms with Gasteiger partial charge in [0.05, 0.1) is 37.9 Å². The van der Waals surface area contributed by atoms with E-state index in [2.05, 4.69) is 0 Å². The van der Waals surface area contributed by atoms with E-state index >= 15 is 0 Å². The molecule has 2 fully saturated rings. The predicted octanol–water partition coefficient (Wildman–Crippen LogP) is 2.47. The van der Waals surface area contributed by atoms with Crippen LogP contribution in [0.2, 0.25) is 0 Å². The van der Waals surface area contributed by atoms with Gasteiger partial charge in [-0.3, -0.25) is 0 Å². The third kappa shape index (κ3) is 3.37. The Hall–Kier alpha value is -1.56. The lowest BCUT2D eigenvalue weighted by Crippen LogP contribution is -2.01. The van der Waals surface area contributed by atoms with Crippen LogP contribution in [0.3, 0.4) is 0 Å². The summed E-state index contributed by atoms with van der Waals surface area (Å²) in [5.74, 6) is 1.76. The third-order valence-corrected chi connectivity index (χ3v) is 3.84. The monoisotopic (exact) mass is 290 g/mol. The molecule has 0 aliphatic carbocycles. The first-order chi connectivity index (χ1) is 10.4. The highest BCUT2D eigenvalue weighted by Gasteiger charge is 2.26. The summed E-state index contributed by atoms with van der Waals surface area (Å²) in [6.45, 7) is 2.61. The molecule has 4 heterocycles. The van der Waals surface area contributed by atoms with Gasteiger partial charge in [-0.2, -0.15) is 0 Å². The molecule has 2 unspecified atom stereocenters. The number of furan rings is 2. The van der Waals surface area contributed by atoms with E-state index in [0.717, 1.165) is 37.6 Å². The average molecular weight is 290 g/mol. The maximum atomic E-state index is 5.74. The minimum Gasteiger partial charge on any atom is -0.467 e. The molecule has 2 aromatic rings. The van der Waals surface area contributed by atoms with Gasteiger partial charge in [0.2, 0.25) is 0 Å². The zero-order chi connectivity index (χ0) is 14.1. The summed E-state index contributed by atoms with van der Waals surface area (Å²) in [6, 6.07) is 3.98. The van der Waals surface area contributed by atoms with Crippen molar-refractivity contribution in [3.8, 4) is 0 Å². The molecule has 0 amide bonds. The molecule has 2 atom stereocenters. The van der Waals surface area contributed by atoms with Gasteiger partial charge in [-0.1, -0.05) is 0 Å². The Bertz CT molecular complexity index is 539. The molecule has 0 radical (unpaired) electrons. The fourth-order valence-electron chi connectivity index (χ4n) is 2.45. The summed E-state index contributed by atoms with van der Waals surface area (Å²) in [7, 11) is 0. The van der Waals surface area contributed by atoms with Gasteiger partial charge in [0.15, 0.2) is 0 Å². The number of hydrogen-bond donors (Lipinski definition) is 0. The topological polar surface area (TPSA) is 60.6 Å². The number of ether oxygens (including phenoxy) is 3. The van der Waals surface area contributed by atoms with Gasteiger partial charge in [0.25, 0.3) is 0 Å². The molecule has 0 bridgehead atoms. The first-order valence-electron chi connectivity index (χ1n) is 7.30. The van der Waals surface area contributed by atoms with Crippen molar-refractivity contribution in [2.45, 2.75) is 38.3 Å². The molecule has 5 heteroatoms. The van der Waals surface area contributed by atoms with Crippen molar-refractivity contribution in [2.24, 2.45) is 0 Å². The largest absolute Gasteiger partial charge is 0.467 e. The van der Waals surface area contributed by atoms with E-state index < -0.39 is 0 Å². The second-order valence-electron chi connectivity index (χ2n) is 5.55. The molecule has 2 aliphatic rings. The first-order valence-corrected chi connectivity index (χ1v) is 7.30. The second-order valence-corrected chi connectivity index (χ2v) is 5.55. The second kappa shape index (κ2) is 5.67. The molecule has 4 rings (SSSR count). The van der Waals surface area contributed by atoms with E-state index in [1.807, 2.05) is 12.1 Å². The van der Waals surface area contributed by atoms with Crippen LogP contribution in [0.25, 0.3) is 0 Å². The van der Waals surface area contributed by atoms with E-state index in [1.54, 1.807) is 12.5 Å². The quantitative estimate of drug-likeness (QED) is 0.699. The highest BCUT2D eigenvalue weighted by molar-refractivity contribution is 5.19. The minimum absolute atomic E-state index is 0.358. The number of epoxide rings is 2. The van der Waals surface area contributed by atoms with Crippen LogP contribution >= 0.6 is 0 Å². The lowest BCUT2D eigenvalue weighted by molar-refractivity contribution is 0.0789. The highest BCUT2D eigenvalue weighted by Crippen LogP contribution is 2.23. The van der Waals surface area contributed by atoms with Crippen molar-refractivity contribution in [3.05, 3.63) is 47.3 Å². The van der Waals surface area contributed by atoms with Crippen LogP contribution in [-0.4, -0.2) is 25.4 Å². The molecule has 2 aliphatic heterocycles. The molecule has 5 nitrogen and oxygen atoms in total. The molecule has 0 saturated carbocycles. The van der Waals surface area contributed by atoms with Crippen LogP contribution in [0.1, 0.15) is 22.6 Å². The number of rotatable bonds is 8. The van der Waals surface area contributed by atoms with Gasteiger partial charge in [-0.05, 0) is 23.3 Å². The van der Waals surface area contributed by atoms with E-state index in [9.17, 15) is 0 Å². The van der Waals surface area contributed by atoms with Crippen LogP contribution in [0, 0.1) is 0 Å². The van der Waals surface area contributed by atoms with E-state index in [0.29, 0.717) is 25.4 Å². The first kappa shape index (κ1) is 13.1. The molecule has 21 heavy (non-hydrogen) atoms. The SMILES string of the molecule is c1cc(CC2CO2)c(COCc2occc2CC2CO2)o1. The Balaban J connectivity index is 1.30. The third-order valence-electron chi connectivity index (χ3n) is 3.84. The lowest BCUT2D eigenvalue weighted by Gasteiger charge is -2.04. The molecule has 112 valence electrons. The molecule has 0 spiro atoms. The lowest BCUT2D eigenvalue weighted by atomic mass is 10.1. The molecular formula is C16H18O5. The zero-order valence-corrected chi connectivity index (χ0v) is 11.7. The van der Waals surface area contributed by atoms with Gasteiger partial charge in [-0.15, -0.1) is 0 Å². The van der Waals surface area contributed by atoms with Crippen molar-refractivity contribution >= 4 is 0 Å². The van der Waals surface area contributed by atoms with Crippen molar-refractivity contribution in [1.29, 1.82) is 0 Å². The Labute approximate surface area is 122 Å². The summed E-state index contributed by atoms with van der Waals surface area (Å²) in [6.07, 6.45) is 5.94. The van der Waals surface area contributed by atoms with Crippen molar-refractivity contribution in [1.82, 2.24) is 0 Å². The molecular weight excluding hydrogens is 272 g/mol.